The van der Waals surface area contributed by atoms with Crippen LogP contribution in [0.1, 0.15) is 17.7 Å². The fourth-order valence-electron chi connectivity index (χ4n) is 1.48. The molecule has 0 bridgehead atoms. The summed E-state index contributed by atoms with van der Waals surface area (Å²) in [6.45, 7) is 1.65. The molecule has 1 heterocycles. The van der Waals surface area contributed by atoms with Crippen molar-refractivity contribution in [2.75, 3.05) is 33.5 Å². The summed E-state index contributed by atoms with van der Waals surface area (Å²) in [6, 6.07) is 2.17. The lowest BCUT2D eigenvalue weighted by Gasteiger charge is -2.12. The summed E-state index contributed by atoms with van der Waals surface area (Å²) in [5.74, 6) is -0.0794. The van der Waals surface area contributed by atoms with Crippen LogP contribution < -0.4 is 10.5 Å². The average Bonchev–Trinajstić information content (AvgIpc) is 2.45. The number of methoxy groups -OCH3 is 1. The Kier molecular flexibility index (Phi) is 7.41. The van der Waals surface area contributed by atoms with E-state index in [9.17, 15) is 13.2 Å². The van der Waals surface area contributed by atoms with Gasteiger partial charge in [0.25, 0.3) is 0 Å². The zero-order valence-corrected chi connectivity index (χ0v) is 11.8. The quantitative estimate of drug-likeness (QED) is 0.707. The minimum atomic E-state index is -4.51. The van der Waals surface area contributed by atoms with Gasteiger partial charge in [0.1, 0.15) is 5.69 Å². The van der Waals surface area contributed by atoms with E-state index in [1.807, 2.05) is 0 Å². The van der Waals surface area contributed by atoms with E-state index < -0.39 is 11.9 Å². The van der Waals surface area contributed by atoms with Crippen LogP contribution in [0.4, 0.5) is 13.2 Å². The normalized spacial score (nSPS) is 11.7. The highest BCUT2D eigenvalue weighted by Crippen LogP contribution is 2.30. The molecule has 120 valence electrons. The highest BCUT2D eigenvalue weighted by molar-refractivity contribution is 5.29. The van der Waals surface area contributed by atoms with E-state index in [1.54, 1.807) is 7.11 Å². The third-order valence-corrected chi connectivity index (χ3v) is 2.55. The number of ether oxygens (including phenoxy) is 3. The molecule has 8 heteroatoms. The van der Waals surface area contributed by atoms with Gasteiger partial charge >= 0.3 is 6.18 Å². The van der Waals surface area contributed by atoms with Crippen LogP contribution >= 0.6 is 0 Å². The molecule has 1 rings (SSSR count). The number of nitrogens with zero attached hydrogens (tertiary/aromatic N) is 1. The molecule has 0 radical (unpaired) electrons. The van der Waals surface area contributed by atoms with E-state index in [1.165, 1.54) is 6.07 Å². The average molecular weight is 308 g/mol. The number of alkyl halides is 3. The predicted molar refractivity (Wildman–Crippen MR) is 69.9 cm³/mol. The minimum absolute atomic E-state index is 0.0603. The maximum Gasteiger partial charge on any atom is 0.433 e. The van der Waals surface area contributed by atoms with Crippen LogP contribution in [-0.4, -0.2) is 38.5 Å². The summed E-state index contributed by atoms with van der Waals surface area (Å²) >= 11 is 0. The Hall–Kier alpha value is -1.38. The largest absolute Gasteiger partial charge is 0.477 e. The second-order valence-corrected chi connectivity index (χ2v) is 4.17. The van der Waals surface area contributed by atoms with Crippen LogP contribution in [0.15, 0.2) is 12.1 Å². The van der Waals surface area contributed by atoms with Crippen LogP contribution in [0.5, 0.6) is 5.88 Å². The maximum atomic E-state index is 12.6. The lowest BCUT2D eigenvalue weighted by atomic mass is 10.2. The van der Waals surface area contributed by atoms with E-state index in [0.29, 0.717) is 31.8 Å². The molecular weight excluding hydrogens is 289 g/mol. The van der Waals surface area contributed by atoms with Gasteiger partial charge in [-0.1, -0.05) is 6.07 Å². The molecule has 1 aromatic rings. The molecule has 0 saturated heterocycles. The van der Waals surface area contributed by atoms with E-state index in [4.69, 9.17) is 19.9 Å². The Labute approximate surface area is 121 Å². The number of hydrogen-bond acceptors (Lipinski definition) is 5. The molecule has 0 amide bonds. The summed E-state index contributed by atoms with van der Waals surface area (Å²) in [7, 11) is 1.57. The monoisotopic (exact) mass is 308 g/mol. The fraction of sp³-hybridized carbons (Fsp3) is 0.615. The first-order valence-electron chi connectivity index (χ1n) is 6.45. The van der Waals surface area contributed by atoms with E-state index in [-0.39, 0.29) is 19.0 Å². The van der Waals surface area contributed by atoms with Crippen LogP contribution in [0.3, 0.4) is 0 Å². The molecule has 0 atom stereocenters. The van der Waals surface area contributed by atoms with Gasteiger partial charge in [-0.3, -0.25) is 0 Å². The van der Waals surface area contributed by atoms with Gasteiger partial charge in [0.05, 0.1) is 19.8 Å². The first-order chi connectivity index (χ1) is 9.99. The van der Waals surface area contributed by atoms with Crippen molar-refractivity contribution in [2.24, 2.45) is 5.73 Å². The van der Waals surface area contributed by atoms with Crippen molar-refractivity contribution >= 4 is 0 Å². The molecule has 0 fully saturated rings. The summed E-state index contributed by atoms with van der Waals surface area (Å²) in [6.07, 6.45) is -3.97. The van der Waals surface area contributed by atoms with Gasteiger partial charge in [-0.25, -0.2) is 4.98 Å². The SMILES string of the molecule is COCCOCCCOc1nc(C(F)(F)F)ccc1CN. The van der Waals surface area contributed by atoms with Gasteiger partial charge in [-0.2, -0.15) is 13.2 Å². The fourth-order valence-corrected chi connectivity index (χ4v) is 1.48. The van der Waals surface area contributed by atoms with Gasteiger partial charge in [0, 0.05) is 32.2 Å². The van der Waals surface area contributed by atoms with Gasteiger partial charge in [0.15, 0.2) is 0 Å². The molecule has 0 aromatic carbocycles. The lowest BCUT2D eigenvalue weighted by molar-refractivity contribution is -0.141. The summed E-state index contributed by atoms with van der Waals surface area (Å²) in [4.78, 5) is 3.47. The number of rotatable bonds is 9. The topological polar surface area (TPSA) is 66.6 Å². The van der Waals surface area contributed by atoms with Crippen molar-refractivity contribution in [1.82, 2.24) is 4.98 Å². The summed E-state index contributed by atoms with van der Waals surface area (Å²) in [5.41, 5.74) is 4.89. The zero-order valence-electron chi connectivity index (χ0n) is 11.8. The Balaban J connectivity index is 2.49. The first-order valence-corrected chi connectivity index (χ1v) is 6.45. The highest BCUT2D eigenvalue weighted by Gasteiger charge is 2.33. The molecule has 1 aromatic heterocycles. The lowest BCUT2D eigenvalue weighted by Crippen LogP contribution is -2.13. The standard InChI is InChI=1S/C13H19F3N2O3/c1-19-7-8-20-5-2-6-21-12-10(9-17)3-4-11(18-12)13(14,15)16/h3-4H,2,5-9,17H2,1H3. The number of nitrogens with two attached hydrogens (primary N) is 1. The van der Waals surface area contributed by atoms with Crippen molar-refractivity contribution in [3.05, 3.63) is 23.4 Å². The third kappa shape index (κ3) is 6.28. The second kappa shape index (κ2) is 8.81. The van der Waals surface area contributed by atoms with Gasteiger partial charge in [-0.05, 0) is 6.07 Å². The van der Waals surface area contributed by atoms with Gasteiger partial charge in [-0.15, -0.1) is 0 Å². The Morgan fingerprint density at radius 3 is 2.52 bits per heavy atom. The summed E-state index contributed by atoms with van der Waals surface area (Å²) < 4.78 is 53.0. The third-order valence-electron chi connectivity index (χ3n) is 2.55. The van der Waals surface area contributed by atoms with E-state index >= 15 is 0 Å². The Morgan fingerprint density at radius 1 is 1.14 bits per heavy atom. The molecule has 5 nitrogen and oxygen atoms in total. The second-order valence-electron chi connectivity index (χ2n) is 4.17. The zero-order chi connectivity index (χ0) is 15.7. The van der Waals surface area contributed by atoms with Crippen molar-refractivity contribution in [3.8, 4) is 5.88 Å². The van der Waals surface area contributed by atoms with Crippen molar-refractivity contribution in [3.63, 3.8) is 0 Å². The van der Waals surface area contributed by atoms with Crippen LogP contribution in [0.2, 0.25) is 0 Å². The molecule has 0 aliphatic heterocycles. The number of hydrogen-bond donors (Lipinski definition) is 1. The molecule has 0 aliphatic carbocycles. The van der Waals surface area contributed by atoms with E-state index in [0.717, 1.165) is 6.07 Å². The summed E-state index contributed by atoms with van der Waals surface area (Å²) in [5, 5.41) is 0. The van der Waals surface area contributed by atoms with Crippen molar-refractivity contribution in [1.29, 1.82) is 0 Å². The first kappa shape index (κ1) is 17.7. The van der Waals surface area contributed by atoms with Gasteiger partial charge < -0.3 is 19.9 Å². The van der Waals surface area contributed by atoms with Crippen molar-refractivity contribution in [2.45, 2.75) is 19.1 Å². The van der Waals surface area contributed by atoms with Crippen LogP contribution in [0.25, 0.3) is 0 Å². The molecule has 21 heavy (non-hydrogen) atoms. The number of halogens is 3. The molecular formula is C13H19F3N2O3. The number of aromatic nitrogens is 1. The molecule has 0 saturated carbocycles. The van der Waals surface area contributed by atoms with Crippen LogP contribution in [0, 0.1) is 0 Å². The smallest absolute Gasteiger partial charge is 0.433 e. The van der Waals surface area contributed by atoms with Gasteiger partial charge in [0.2, 0.25) is 5.88 Å². The predicted octanol–water partition coefficient (Wildman–Crippen LogP) is 1.99. The Bertz CT molecular complexity index is 428. The van der Waals surface area contributed by atoms with Crippen molar-refractivity contribution < 1.29 is 27.4 Å². The molecule has 0 spiro atoms. The van der Waals surface area contributed by atoms with Crippen LogP contribution in [-0.2, 0) is 22.2 Å². The number of pyridine rings is 1. The Morgan fingerprint density at radius 2 is 1.90 bits per heavy atom. The molecule has 2 N–H and O–H groups in total. The maximum absolute atomic E-state index is 12.6. The molecule has 0 unspecified atom stereocenters. The molecule has 0 aliphatic rings. The highest BCUT2D eigenvalue weighted by atomic mass is 19.4. The van der Waals surface area contributed by atoms with E-state index in [2.05, 4.69) is 4.98 Å². The minimum Gasteiger partial charge on any atom is -0.477 e.